The number of nitrogens with zero attached hydrogens (tertiary/aromatic N) is 1. The monoisotopic (exact) mass is 365 g/mol. The molecule has 1 aromatic rings. The molecule has 1 aromatic carbocycles. The Morgan fingerprint density at radius 1 is 1.36 bits per heavy atom. The van der Waals surface area contributed by atoms with Crippen molar-refractivity contribution in [1.29, 1.82) is 0 Å². The Hall–Kier alpha value is -2.38. The maximum Gasteiger partial charge on any atom is 0.248 e. The van der Waals surface area contributed by atoms with Crippen LogP contribution in [-0.2, 0) is 20.8 Å². The van der Waals surface area contributed by atoms with E-state index in [2.05, 4.69) is 5.32 Å². The number of halogens is 1. The lowest BCUT2D eigenvalue weighted by molar-refractivity contribution is -0.142. The summed E-state index contributed by atoms with van der Waals surface area (Å²) in [6.45, 7) is -0.0425. The summed E-state index contributed by atoms with van der Waals surface area (Å²) in [6.07, 6.45) is 2.91. The van der Waals surface area contributed by atoms with Gasteiger partial charge in [0.1, 0.15) is 11.5 Å². The van der Waals surface area contributed by atoms with E-state index in [1.54, 1.807) is 24.3 Å². The average molecular weight is 366 g/mol. The molecule has 134 valence electrons. The van der Waals surface area contributed by atoms with E-state index in [-0.39, 0.29) is 25.5 Å². The zero-order valence-electron chi connectivity index (χ0n) is 13.7. The largest absolute Gasteiger partial charge is 0.395 e. The summed E-state index contributed by atoms with van der Waals surface area (Å²) in [7, 11) is 1.52. The van der Waals surface area contributed by atoms with Crippen molar-refractivity contribution in [3.63, 3.8) is 0 Å². The molecule has 8 heteroatoms. The SMILES string of the molecule is CN(CCO)C(=O)C1C=CC(Cc2ccc(Cl)cc2)(C(N)=O)C(=O)N1. The van der Waals surface area contributed by atoms with Crippen LogP contribution in [0.4, 0.5) is 0 Å². The van der Waals surface area contributed by atoms with Crippen LogP contribution in [0.5, 0.6) is 0 Å². The number of amides is 3. The van der Waals surface area contributed by atoms with Gasteiger partial charge in [0.05, 0.1) is 6.61 Å². The van der Waals surface area contributed by atoms with Crippen molar-refractivity contribution < 1.29 is 19.5 Å². The highest BCUT2D eigenvalue weighted by Crippen LogP contribution is 2.29. The van der Waals surface area contributed by atoms with Crippen LogP contribution in [0.1, 0.15) is 5.56 Å². The number of benzene rings is 1. The number of hydrogen-bond donors (Lipinski definition) is 3. The Morgan fingerprint density at radius 3 is 2.52 bits per heavy atom. The molecular weight excluding hydrogens is 346 g/mol. The zero-order valence-corrected chi connectivity index (χ0v) is 14.5. The molecule has 0 aliphatic carbocycles. The predicted molar refractivity (Wildman–Crippen MR) is 92.6 cm³/mol. The van der Waals surface area contributed by atoms with E-state index in [1.807, 2.05) is 0 Å². The molecule has 0 aromatic heterocycles. The molecule has 2 rings (SSSR count). The molecule has 2 atom stereocenters. The van der Waals surface area contributed by atoms with Crippen molar-refractivity contribution in [2.45, 2.75) is 12.5 Å². The number of nitrogens with two attached hydrogens (primary N) is 1. The van der Waals surface area contributed by atoms with Gasteiger partial charge in [0.25, 0.3) is 0 Å². The third-order valence-corrected chi connectivity index (χ3v) is 4.43. The third-order valence-electron chi connectivity index (χ3n) is 4.18. The lowest BCUT2D eigenvalue weighted by atomic mass is 9.77. The van der Waals surface area contributed by atoms with Crippen LogP contribution >= 0.6 is 11.6 Å². The van der Waals surface area contributed by atoms with E-state index < -0.39 is 23.3 Å². The quantitative estimate of drug-likeness (QED) is 0.481. The van der Waals surface area contributed by atoms with Crippen LogP contribution in [0.2, 0.25) is 5.02 Å². The predicted octanol–water partition coefficient (Wildman–Crippen LogP) is -0.140. The summed E-state index contributed by atoms with van der Waals surface area (Å²) in [5.41, 5.74) is 4.64. The normalized spacial score (nSPS) is 22.4. The maximum atomic E-state index is 12.6. The van der Waals surface area contributed by atoms with Crippen LogP contribution in [0.15, 0.2) is 36.4 Å². The summed E-state index contributed by atoms with van der Waals surface area (Å²) < 4.78 is 0. The average Bonchev–Trinajstić information content (AvgIpc) is 2.58. The van der Waals surface area contributed by atoms with Gasteiger partial charge in [-0.3, -0.25) is 14.4 Å². The van der Waals surface area contributed by atoms with Crippen molar-refractivity contribution in [2.24, 2.45) is 11.1 Å². The van der Waals surface area contributed by atoms with Crippen molar-refractivity contribution in [3.8, 4) is 0 Å². The number of aliphatic hydroxyl groups is 1. The lowest BCUT2D eigenvalue weighted by Crippen LogP contribution is -2.58. The van der Waals surface area contributed by atoms with E-state index in [1.165, 1.54) is 24.1 Å². The molecule has 0 radical (unpaired) electrons. The highest BCUT2D eigenvalue weighted by Gasteiger charge is 2.46. The Balaban J connectivity index is 2.26. The number of carbonyl (C=O) groups is 3. The van der Waals surface area contributed by atoms with Gasteiger partial charge in [-0.2, -0.15) is 0 Å². The van der Waals surface area contributed by atoms with Gasteiger partial charge in [-0.15, -0.1) is 0 Å². The van der Waals surface area contributed by atoms with Gasteiger partial charge in [0, 0.05) is 18.6 Å². The molecule has 2 unspecified atom stereocenters. The highest BCUT2D eigenvalue weighted by atomic mass is 35.5. The lowest BCUT2D eigenvalue weighted by Gasteiger charge is -2.33. The Bertz CT molecular complexity index is 704. The molecule has 0 fully saturated rings. The summed E-state index contributed by atoms with van der Waals surface area (Å²) in [4.78, 5) is 38.2. The smallest absolute Gasteiger partial charge is 0.248 e. The first kappa shape index (κ1) is 19.0. The topological polar surface area (TPSA) is 113 Å². The molecule has 0 bridgehead atoms. The third kappa shape index (κ3) is 4.00. The number of aliphatic hydroxyl groups excluding tert-OH is 1. The second-order valence-corrected chi connectivity index (χ2v) is 6.37. The van der Waals surface area contributed by atoms with Gasteiger partial charge in [0.2, 0.25) is 17.7 Å². The first-order valence-corrected chi connectivity index (χ1v) is 8.08. The number of rotatable bonds is 6. The van der Waals surface area contributed by atoms with E-state index in [0.29, 0.717) is 10.6 Å². The number of hydrogen-bond acceptors (Lipinski definition) is 4. The van der Waals surface area contributed by atoms with E-state index in [9.17, 15) is 14.4 Å². The van der Waals surface area contributed by atoms with Crippen molar-refractivity contribution in [1.82, 2.24) is 10.2 Å². The van der Waals surface area contributed by atoms with Crippen molar-refractivity contribution in [3.05, 3.63) is 47.0 Å². The van der Waals surface area contributed by atoms with Gasteiger partial charge in [-0.1, -0.05) is 35.9 Å². The standard InChI is InChI=1S/C17H20ClN3O4/c1-21(8-9-22)14(23)13-6-7-17(15(19)24,16(25)20-13)10-11-2-4-12(18)5-3-11/h2-7,13,22H,8-10H2,1H3,(H2,19,24)(H,20,25). The Kier molecular flexibility index (Phi) is 5.81. The summed E-state index contributed by atoms with van der Waals surface area (Å²) >= 11 is 5.84. The second-order valence-electron chi connectivity index (χ2n) is 5.93. The second kappa shape index (κ2) is 7.67. The van der Waals surface area contributed by atoms with E-state index in [0.717, 1.165) is 0 Å². The molecular formula is C17H20ClN3O4. The van der Waals surface area contributed by atoms with Crippen LogP contribution in [0, 0.1) is 5.41 Å². The molecule has 4 N–H and O–H groups in total. The fourth-order valence-electron chi connectivity index (χ4n) is 2.64. The molecule has 0 saturated heterocycles. The Morgan fingerprint density at radius 2 is 2.00 bits per heavy atom. The maximum absolute atomic E-state index is 12.6. The van der Waals surface area contributed by atoms with E-state index in [4.69, 9.17) is 22.4 Å². The summed E-state index contributed by atoms with van der Waals surface area (Å²) in [5, 5.41) is 12.0. The van der Waals surface area contributed by atoms with E-state index >= 15 is 0 Å². The van der Waals surface area contributed by atoms with Crippen molar-refractivity contribution >= 4 is 29.3 Å². The fourth-order valence-corrected chi connectivity index (χ4v) is 2.77. The minimum Gasteiger partial charge on any atom is -0.395 e. The number of primary amides is 1. The van der Waals surface area contributed by atoms with Gasteiger partial charge in [-0.05, 0) is 24.1 Å². The fraction of sp³-hybridized carbons (Fsp3) is 0.353. The highest BCUT2D eigenvalue weighted by molar-refractivity contribution is 6.30. The first-order chi connectivity index (χ1) is 11.8. The number of carbonyl (C=O) groups excluding carboxylic acids is 3. The summed E-state index contributed by atoms with van der Waals surface area (Å²) in [6, 6.07) is 5.83. The minimum absolute atomic E-state index is 0.0647. The van der Waals surface area contributed by atoms with Gasteiger partial charge in [-0.25, -0.2) is 0 Å². The number of likely N-dealkylation sites (N-methyl/N-ethyl adjacent to an activating group) is 1. The van der Waals surface area contributed by atoms with Gasteiger partial charge in [0.15, 0.2) is 0 Å². The molecule has 1 aliphatic rings. The molecule has 3 amide bonds. The van der Waals surface area contributed by atoms with Crippen LogP contribution < -0.4 is 11.1 Å². The summed E-state index contributed by atoms with van der Waals surface area (Å²) in [5.74, 6) is -1.82. The minimum atomic E-state index is -1.57. The van der Waals surface area contributed by atoms with Crippen LogP contribution in [0.25, 0.3) is 0 Å². The van der Waals surface area contributed by atoms with Crippen molar-refractivity contribution in [2.75, 3.05) is 20.2 Å². The molecule has 0 spiro atoms. The number of nitrogens with one attached hydrogen (secondary N) is 1. The molecule has 7 nitrogen and oxygen atoms in total. The van der Waals surface area contributed by atoms with Gasteiger partial charge >= 0.3 is 0 Å². The zero-order chi connectivity index (χ0) is 18.6. The van der Waals surface area contributed by atoms with Gasteiger partial charge < -0.3 is 21.1 Å². The molecule has 1 heterocycles. The first-order valence-electron chi connectivity index (χ1n) is 7.70. The Labute approximate surface area is 150 Å². The van der Waals surface area contributed by atoms with Crippen LogP contribution in [0.3, 0.4) is 0 Å². The molecule has 1 aliphatic heterocycles. The van der Waals surface area contributed by atoms with Crippen LogP contribution in [-0.4, -0.2) is 54.0 Å². The molecule has 25 heavy (non-hydrogen) atoms. The molecule has 0 saturated carbocycles.